The zero-order valence-corrected chi connectivity index (χ0v) is 20.9. The second-order valence-corrected chi connectivity index (χ2v) is 11.3. The Balaban J connectivity index is 1.46. The molecular formula is C30H25N3O3S. The van der Waals surface area contributed by atoms with E-state index in [-0.39, 0.29) is 21.3 Å². The molecule has 0 aliphatic heterocycles. The number of imidazole rings is 1. The van der Waals surface area contributed by atoms with E-state index in [9.17, 15) is 13.2 Å². The Kier molecular flexibility index (Phi) is 5.65. The first-order valence-corrected chi connectivity index (χ1v) is 13.7. The van der Waals surface area contributed by atoms with E-state index in [1.807, 2.05) is 18.2 Å². The third kappa shape index (κ3) is 4.21. The molecule has 1 amide bonds. The lowest BCUT2D eigenvalue weighted by Crippen LogP contribution is -2.17. The zero-order valence-electron chi connectivity index (χ0n) is 20.0. The largest absolute Gasteiger partial charge is 0.365 e. The van der Waals surface area contributed by atoms with E-state index < -0.39 is 15.7 Å². The van der Waals surface area contributed by atoms with Gasteiger partial charge in [-0.3, -0.25) is 4.79 Å². The van der Waals surface area contributed by atoms with Crippen molar-refractivity contribution in [2.75, 3.05) is 0 Å². The van der Waals surface area contributed by atoms with Crippen LogP contribution in [0.15, 0.2) is 107 Å². The van der Waals surface area contributed by atoms with Crippen LogP contribution in [-0.2, 0) is 16.4 Å². The second kappa shape index (κ2) is 9.01. The summed E-state index contributed by atoms with van der Waals surface area (Å²) in [7, 11) is -3.95. The summed E-state index contributed by atoms with van der Waals surface area (Å²) < 4.78 is 29.0. The highest BCUT2D eigenvalue weighted by Crippen LogP contribution is 2.42. The fourth-order valence-electron chi connectivity index (χ4n) is 4.81. The van der Waals surface area contributed by atoms with Crippen molar-refractivity contribution in [1.29, 1.82) is 0 Å². The van der Waals surface area contributed by atoms with Crippen molar-refractivity contribution in [2.45, 2.75) is 35.1 Å². The summed E-state index contributed by atoms with van der Waals surface area (Å²) in [6.45, 7) is 0.556. The van der Waals surface area contributed by atoms with Gasteiger partial charge in [0, 0.05) is 12.5 Å². The Labute approximate surface area is 215 Å². The molecule has 5 aromatic rings. The Morgan fingerprint density at radius 2 is 1.46 bits per heavy atom. The van der Waals surface area contributed by atoms with E-state index in [4.69, 9.17) is 10.7 Å². The van der Waals surface area contributed by atoms with Crippen LogP contribution in [0, 0.1) is 0 Å². The fraction of sp³-hybridized carbons (Fsp3) is 0.133. The Morgan fingerprint density at radius 3 is 2.08 bits per heavy atom. The molecule has 2 N–H and O–H groups in total. The zero-order chi connectivity index (χ0) is 25.6. The molecule has 0 saturated heterocycles. The van der Waals surface area contributed by atoms with Gasteiger partial charge in [0.05, 0.1) is 20.9 Å². The molecule has 1 fully saturated rings. The summed E-state index contributed by atoms with van der Waals surface area (Å²) in [5.41, 5.74) is 10.1. The van der Waals surface area contributed by atoms with Gasteiger partial charge in [-0.25, -0.2) is 13.4 Å². The molecule has 37 heavy (non-hydrogen) atoms. The van der Waals surface area contributed by atoms with E-state index in [1.165, 1.54) is 18.2 Å². The van der Waals surface area contributed by atoms with Gasteiger partial charge in [-0.2, -0.15) is 0 Å². The molecule has 0 atom stereocenters. The van der Waals surface area contributed by atoms with E-state index >= 15 is 0 Å². The van der Waals surface area contributed by atoms with Gasteiger partial charge in [-0.15, -0.1) is 0 Å². The van der Waals surface area contributed by atoms with E-state index in [0.29, 0.717) is 17.6 Å². The lowest BCUT2D eigenvalue weighted by molar-refractivity contribution is 0.0998. The van der Waals surface area contributed by atoms with Gasteiger partial charge in [0.2, 0.25) is 9.84 Å². The summed E-state index contributed by atoms with van der Waals surface area (Å²) >= 11 is 0. The summed E-state index contributed by atoms with van der Waals surface area (Å²) in [6, 6.07) is 29.9. The van der Waals surface area contributed by atoms with Crippen LogP contribution in [0.3, 0.4) is 0 Å². The number of fused-ring (bicyclic) bond motifs is 1. The molecular weight excluding hydrogens is 482 g/mol. The summed E-state index contributed by atoms with van der Waals surface area (Å²) in [6.07, 6.45) is 2.02. The molecule has 1 saturated carbocycles. The number of carbonyl (C=O) groups is 1. The molecule has 184 valence electrons. The van der Waals surface area contributed by atoms with Crippen LogP contribution in [0.5, 0.6) is 0 Å². The van der Waals surface area contributed by atoms with Crippen LogP contribution in [0.25, 0.3) is 22.2 Å². The van der Waals surface area contributed by atoms with Crippen LogP contribution in [0.2, 0.25) is 0 Å². The lowest BCUT2D eigenvalue weighted by atomic mass is 10.0. The Morgan fingerprint density at radius 1 is 0.838 bits per heavy atom. The number of aromatic nitrogens is 2. The van der Waals surface area contributed by atoms with E-state index in [0.717, 1.165) is 35.4 Å². The minimum Gasteiger partial charge on any atom is -0.365 e. The highest BCUT2D eigenvalue weighted by molar-refractivity contribution is 7.91. The maximum absolute atomic E-state index is 13.4. The maximum atomic E-state index is 13.4. The minimum atomic E-state index is -3.95. The van der Waals surface area contributed by atoms with Gasteiger partial charge >= 0.3 is 0 Å². The third-order valence-electron chi connectivity index (χ3n) is 6.85. The van der Waals surface area contributed by atoms with Crippen molar-refractivity contribution in [3.8, 4) is 11.1 Å². The predicted molar refractivity (Wildman–Crippen MR) is 143 cm³/mol. The van der Waals surface area contributed by atoms with E-state index in [2.05, 4.69) is 41.0 Å². The molecule has 6 rings (SSSR count). The quantitative estimate of drug-likeness (QED) is 0.312. The summed E-state index contributed by atoms with van der Waals surface area (Å²) in [5, 5.41) is 0. The van der Waals surface area contributed by atoms with Gasteiger partial charge in [0.15, 0.2) is 0 Å². The third-order valence-corrected chi connectivity index (χ3v) is 8.66. The molecule has 1 heterocycles. The smallest absolute Gasteiger partial charge is 0.252 e. The van der Waals surface area contributed by atoms with Crippen LogP contribution in [0.4, 0.5) is 0 Å². The molecule has 6 nitrogen and oxygen atoms in total. The molecule has 4 aromatic carbocycles. The molecule has 0 radical (unpaired) electrons. The molecule has 1 aromatic heterocycles. The van der Waals surface area contributed by atoms with Gasteiger partial charge in [-0.05, 0) is 53.8 Å². The number of hydrogen-bond acceptors (Lipinski definition) is 4. The molecule has 7 heteroatoms. The molecule has 1 aliphatic rings. The SMILES string of the molecule is NC(=O)c1c(S(=O)(=O)c2ccccc2)ccc2c1nc(C1CC1)n2Cc1ccc(-c2ccccc2)cc1. The van der Waals surface area contributed by atoms with Gasteiger partial charge < -0.3 is 10.3 Å². The van der Waals surface area contributed by atoms with Gasteiger partial charge in [0.1, 0.15) is 11.3 Å². The lowest BCUT2D eigenvalue weighted by Gasteiger charge is -2.12. The molecule has 0 spiro atoms. The standard InChI is InChI=1S/C30H25N3O3S/c31-29(34)27-26(37(35,36)24-9-5-2-6-10-24)18-17-25-28(27)32-30(23-15-16-23)33(25)19-20-11-13-22(14-12-20)21-7-3-1-4-8-21/h1-14,17-18,23H,15-16,19H2,(H2,31,34). The number of carbonyl (C=O) groups excluding carboxylic acids is 1. The van der Waals surface area contributed by atoms with Gasteiger partial charge in [-0.1, -0.05) is 72.8 Å². The van der Waals surface area contributed by atoms with Crippen LogP contribution >= 0.6 is 0 Å². The molecule has 0 bridgehead atoms. The monoisotopic (exact) mass is 507 g/mol. The maximum Gasteiger partial charge on any atom is 0.252 e. The Hall–Kier alpha value is -4.23. The number of primary amides is 1. The normalized spacial score (nSPS) is 13.6. The number of benzene rings is 4. The van der Waals surface area contributed by atoms with Crippen LogP contribution < -0.4 is 5.73 Å². The van der Waals surface area contributed by atoms with E-state index in [1.54, 1.807) is 24.3 Å². The van der Waals surface area contributed by atoms with Crippen molar-refractivity contribution in [3.63, 3.8) is 0 Å². The minimum absolute atomic E-state index is 0.0542. The first-order valence-electron chi connectivity index (χ1n) is 12.2. The fourth-order valence-corrected chi connectivity index (χ4v) is 6.30. The van der Waals surface area contributed by atoms with Crippen LogP contribution in [-0.4, -0.2) is 23.9 Å². The predicted octanol–water partition coefficient (Wildman–Crippen LogP) is 5.56. The van der Waals surface area contributed by atoms with Gasteiger partial charge in [0.25, 0.3) is 5.91 Å². The number of hydrogen-bond donors (Lipinski definition) is 1. The Bertz CT molecular complexity index is 1720. The van der Waals surface area contributed by atoms with Crippen molar-refractivity contribution in [1.82, 2.24) is 9.55 Å². The van der Waals surface area contributed by atoms with Crippen molar-refractivity contribution >= 4 is 26.8 Å². The first-order chi connectivity index (χ1) is 17.9. The number of sulfone groups is 1. The number of nitrogens with zero attached hydrogens (tertiary/aromatic N) is 2. The number of amides is 1. The van der Waals surface area contributed by atoms with Crippen LogP contribution in [0.1, 0.15) is 40.5 Å². The average molecular weight is 508 g/mol. The van der Waals surface area contributed by atoms with Crippen molar-refractivity contribution in [2.24, 2.45) is 5.73 Å². The average Bonchev–Trinajstić information content (AvgIpc) is 3.71. The first kappa shape index (κ1) is 23.2. The van der Waals surface area contributed by atoms with Crippen molar-refractivity contribution < 1.29 is 13.2 Å². The second-order valence-electron chi connectivity index (χ2n) is 9.38. The molecule has 0 unspecified atom stereocenters. The number of nitrogens with two attached hydrogens (primary N) is 1. The summed E-state index contributed by atoms with van der Waals surface area (Å²) in [4.78, 5) is 17.5. The highest BCUT2D eigenvalue weighted by atomic mass is 32.2. The molecule has 1 aliphatic carbocycles. The highest BCUT2D eigenvalue weighted by Gasteiger charge is 2.33. The van der Waals surface area contributed by atoms with Crippen molar-refractivity contribution in [3.05, 3.63) is 114 Å². The topological polar surface area (TPSA) is 95.1 Å². The number of rotatable bonds is 7. The summed E-state index contributed by atoms with van der Waals surface area (Å²) in [5.74, 6) is 0.337.